The van der Waals surface area contributed by atoms with Crippen molar-refractivity contribution in [2.24, 2.45) is 0 Å². The van der Waals surface area contributed by atoms with Crippen molar-refractivity contribution in [2.75, 3.05) is 5.88 Å². The number of hydrogen-bond acceptors (Lipinski definition) is 0. The Kier molecular flexibility index (Phi) is 3.97. The largest absolute Gasteiger partial charge is 0.207 e. The summed E-state index contributed by atoms with van der Waals surface area (Å²) in [6.45, 7) is 1.96. The molecule has 0 spiro atoms. The molecule has 0 N–H and O–H groups in total. The third-order valence-electron chi connectivity index (χ3n) is 1.81. The Bertz CT molecular complexity index is 305. The van der Waals surface area contributed by atoms with Crippen LogP contribution < -0.4 is 0 Å². The van der Waals surface area contributed by atoms with Crippen LogP contribution in [0.15, 0.2) is 24.3 Å². The number of benzene rings is 1. The summed E-state index contributed by atoms with van der Waals surface area (Å²) in [5, 5.41) is 0. The Balaban J connectivity index is 2.81. The van der Waals surface area contributed by atoms with Gasteiger partial charge in [-0.1, -0.05) is 18.2 Å². The maximum Gasteiger partial charge on any atom is 0.123 e. The fraction of sp³-hybridized carbons (Fsp3) is 0.273. The number of aryl methyl sites for hydroxylation is 1. The molecule has 0 nitrogen and oxygen atoms in total. The van der Waals surface area contributed by atoms with Crippen molar-refractivity contribution >= 4 is 17.7 Å². The molecule has 13 heavy (non-hydrogen) atoms. The maximum atomic E-state index is 12.8. The quantitative estimate of drug-likeness (QED) is 0.649. The number of hydrogen-bond donors (Lipinski definition) is 0. The molecule has 1 aromatic carbocycles. The molecule has 0 heterocycles. The lowest BCUT2D eigenvalue weighted by atomic mass is 10.1. The van der Waals surface area contributed by atoms with Gasteiger partial charge in [-0.3, -0.25) is 0 Å². The number of rotatable bonds is 3. The van der Waals surface area contributed by atoms with Gasteiger partial charge < -0.3 is 0 Å². The zero-order valence-electron chi connectivity index (χ0n) is 7.56. The zero-order valence-corrected chi connectivity index (χ0v) is 8.31. The molecule has 70 valence electrons. The second kappa shape index (κ2) is 5.03. The molecule has 0 aliphatic heterocycles. The summed E-state index contributed by atoms with van der Waals surface area (Å²) in [6, 6.07) is 4.77. The first-order chi connectivity index (χ1) is 6.24. The first kappa shape index (κ1) is 10.3. The Morgan fingerprint density at radius 3 is 2.92 bits per heavy atom. The van der Waals surface area contributed by atoms with Gasteiger partial charge in [-0.2, -0.15) is 0 Å². The third-order valence-corrected chi connectivity index (χ3v) is 2.03. The maximum absolute atomic E-state index is 12.8. The van der Waals surface area contributed by atoms with Crippen molar-refractivity contribution in [2.45, 2.75) is 13.3 Å². The van der Waals surface area contributed by atoms with E-state index in [0.29, 0.717) is 5.88 Å². The standard InChI is InChI=1S/C11H12ClF/c1-9-5-6-11(13)8-10(9)4-2-3-7-12/h2,4-6,8H,3,7H2,1H3. The van der Waals surface area contributed by atoms with Crippen LogP contribution in [0.5, 0.6) is 0 Å². The van der Waals surface area contributed by atoms with E-state index in [2.05, 4.69) is 0 Å². The lowest BCUT2D eigenvalue weighted by Gasteiger charge is -1.99. The molecule has 0 aliphatic carbocycles. The normalized spacial score (nSPS) is 11.0. The van der Waals surface area contributed by atoms with E-state index in [-0.39, 0.29) is 5.82 Å². The molecule has 1 rings (SSSR count). The fourth-order valence-corrected chi connectivity index (χ4v) is 1.19. The van der Waals surface area contributed by atoms with Crippen molar-refractivity contribution in [1.82, 2.24) is 0 Å². The lowest BCUT2D eigenvalue weighted by molar-refractivity contribution is 0.627. The highest BCUT2D eigenvalue weighted by Crippen LogP contribution is 2.12. The number of alkyl halides is 1. The monoisotopic (exact) mass is 198 g/mol. The lowest BCUT2D eigenvalue weighted by Crippen LogP contribution is -1.82. The van der Waals surface area contributed by atoms with Crippen LogP contribution in [0.2, 0.25) is 0 Å². The molecule has 0 saturated carbocycles. The second-order valence-corrected chi connectivity index (χ2v) is 3.26. The summed E-state index contributed by atoms with van der Waals surface area (Å²) < 4.78 is 12.8. The van der Waals surface area contributed by atoms with E-state index in [1.54, 1.807) is 6.07 Å². The van der Waals surface area contributed by atoms with Crippen LogP contribution in [0.1, 0.15) is 17.5 Å². The third kappa shape index (κ3) is 3.19. The SMILES string of the molecule is Cc1ccc(F)cc1C=CCCCl. The molecule has 0 aromatic heterocycles. The summed E-state index contributed by atoms with van der Waals surface area (Å²) in [6.07, 6.45) is 4.67. The highest BCUT2D eigenvalue weighted by Gasteiger charge is 1.95. The Morgan fingerprint density at radius 2 is 2.23 bits per heavy atom. The van der Waals surface area contributed by atoms with Gasteiger partial charge in [-0.05, 0) is 36.6 Å². The van der Waals surface area contributed by atoms with E-state index in [1.807, 2.05) is 19.1 Å². The molecule has 0 saturated heterocycles. The van der Waals surface area contributed by atoms with E-state index >= 15 is 0 Å². The fourth-order valence-electron chi connectivity index (χ4n) is 1.06. The molecule has 0 unspecified atom stereocenters. The predicted octanol–water partition coefficient (Wildman–Crippen LogP) is 3.78. The molecule has 0 radical (unpaired) electrons. The van der Waals surface area contributed by atoms with Crippen molar-refractivity contribution in [3.05, 3.63) is 41.2 Å². The summed E-state index contributed by atoms with van der Waals surface area (Å²) in [5.41, 5.74) is 2.00. The van der Waals surface area contributed by atoms with Gasteiger partial charge in [-0.15, -0.1) is 11.6 Å². The summed E-state index contributed by atoms with van der Waals surface area (Å²) in [7, 11) is 0. The van der Waals surface area contributed by atoms with Crippen LogP contribution in [-0.2, 0) is 0 Å². The minimum Gasteiger partial charge on any atom is -0.207 e. The predicted molar refractivity (Wildman–Crippen MR) is 55.5 cm³/mol. The summed E-state index contributed by atoms with van der Waals surface area (Å²) in [5.74, 6) is 0.404. The molecule has 0 aliphatic rings. The molecular formula is C11H12ClF. The topological polar surface area (TPSA) is 0 Å². The van der Waals surface area contributed by atoms with Crippen LogP contribution in [0.3, 0.4) is 0 Å². The molecule has 0 bridgehead atoms. The van der Waals surface area contributed by atoms with E-state index in [9.17, 15) is 4.39 Å². The van der Waals surface area contributed by atoms with Gasteiger partial charge in [0.2, 0.25) is 0 Å². The molecule has 1 aromatic rings. The van der Waals surface area contributed by atoms with Crippen LogP contribution in [0.25, 0.3) is 6.08 Å². The first-order valence-corrected chi connectivity index (χ1v) is 4.76. The van der Waals surface area contributed by atoms with Gasteiger partial charge in [0.15, 0.2) is 0 Å². The molecule has 2 heteroatoms. The second-order valence-electron chi connectivity index (χ2n) is 2.88. The molecular weight excluding hydrogens is 187 g/mol. The minimum atomic E-state index is -0.198. The van der Waals surface area contributed by atoms with Crippen LogP contribution in [-0.4, -0.2) is 5.88 Å². The highest BCUT2D eigenvalue weighted by molar-refractivity contribution is 6.17. The van der Waals surface area contributed by atoms with Crippen molar-refractivity contribution < 1.29 is 4.39 Å². The van der Waals surface area contributed by atoms with Crippen molar-refractivity contribution in [1.29, 1.82) is 0 Å². The van der Waals surface area contributed by atoms with Crippen LogP contribution >= 0.6 is 11.6 Å². The van der Waals surface area contributed by atoms with Gasteiger partial charge in [-0.25, -0.2) is 4.39 Å². The van der Waals surface area contributed by atoms with Gasteiger partial charge in [0, 0.05) is 5.88 Å². The average Bonchev–Trinajstić information content (AvgIpc) is 2.11. The van der Waals surface area contributed by atoms with Gasteiger partial charge in [0.1, 0.15) is 5.82 Å². The van der Waals surface area contributed by atoms with Gasteiger partial charge in [0.05, 0.1) is 0 Å². The van der Waals surface area contributed by atoms with E-state index in [1.165, 1.54) is 12.1 Å². The summed E-state index contributed by atoms with van der Waals surface area (Å²) >= 11 is 5.51. The van der Waals surface area contributed by atoms with Crippen molar-refractivity contribution in [3.8, 4) is 0 Å². The van der Waals surface area contributed by atoms with Gasteiger partial charge >= 0.3 is 0 Å². The van der Waals surface area contributed by atoms with Crippen LogP contribution in [0, 0.1) is 12.7 Å². The smallest absolute Gasteiger partial charge is 0.123 e. The van der Waals surface area contributed by atoms with Gasteiger partial charge in [0.25, 0.3) is 0 Å². The summed E-state index contributed by atoms with van der Waals surface area (Å²) in [4.78, 5) is 0. The van der Waals surface area contributed by atoms with E-state index < -0.39 is 0 Å². The molecule has 0 fully saturated rings. The number of halogens is 2. The van der Waals surface area contributed by atoms with Crippen LogP contribution in [0.4, 0.5) is 4.39 Å². The van der Waals surface area contributed by atoms with Crippen molar-refractivity contribution in [3.63, 3.8) is 0 Å². The average molecular weight is 199 g/mol. The first-order valence-electron chi connectivity index (χ1n) is 4.22. The Morgan fingerprint density at radius 1 is 1.46 bits per heavy atom. The highest BCUT2D eigenvalue weighted by atomic mass is 35.5. The minimum absolute atomic E-state index is 0.198. The van der Waals surface area contributed by atoms with E-state index in [0.717, 1.165) is 17.5 Å². The Labute approximate surface area is 83.0 Å². The Hall–Kier alpha value is -0.820. The molecule has 0 amide bonds. The number of allylic oxidation sites excluding steroid dienone is 1. The zero-order chi connectivity index (χ0) is 9.68. The van der Waals surface area contributed by atoms with E-state index in [4.69, 9.17) is 11.6 Å². The molecule has 0 atom stereocenters.